The smallest absolute Gasteiger partial charge is 0.258 e. The molecule has 3 rings (SSSR count). The molecule has 1 heterocycles. The molecule has 6 nitrogen and oxygen atoms in total. The number of methoxy groups -OCH3 is 3. The van der Waals surface area contributed by atoms with E-state index in [4.69, 9.17) is 18.9 Å². The van der Waals surface area contributed by atoms with Crippen molar-refractivity contribution in [3.63, 3.8) is 0 Å². The van der Waals surface area contributed by atoms with E-state index in [0.717, 1.165) is 5.69 Å². The number of nitrogens with zero attached hydrogens (tertiary/aromatic N) is 1. The molecule has 1 atom stereocenters. The van der Waals surface area contributed by atoms with E-state index in [0.29, 0.717) is 35.1 Å². The summed E-state index contributed by atoms with van der Waals surface area (Å²) in [5.74, 6) is 1.89. The highest BCUT2D eigenvalue weighted by Gasteiger charge is 2.29. The lowest BCUT2D eigenvalue weighted by atomic mass is 10.1. The Bertz CT molecular complexity index is 764. The molecule has 132 valence electrons. The first kappa shape index (κ1) is 17.0. The van der Waals surface area contributed by atoms with E-state index in [1.165, 1.54) is 21.3 Å². The Morgan fingerprint density at radius 1 is 1.08 bits per heavy atom. The standard InChI is InChI=1S/C19H21NO5/c1-12-11-20(14-7-5-6-8-15(14)25-12)19(21)13-9-16(22-2)18(24-4)17(10-13)23-3/h5-10,12H,11H2,1-4H3/t12-/m1/s1. The van der Waals surface area contributed by atoms with Gasteiger partial charge in [-0.1, -0.05) is 12.1 Å². The van der Waals surface area contributed by atoms with Crippen LogP contribution < -0.4 is 23.8 Å². The third kappa shape index (κ3) is 3.07. The van der Waals surface area contributed by atoms with Gasteiger partial charge in [0.2, 0.25) is 5.75 Å². The number of para-hydroxylation sites is 2. The molecule has 25 heavy (non-hydrogen) atoms. The van der Waals surface area contributed by atoms with Crippen LogP contribution in [0.4, 0.5) is 5.69 Å². The van der Waals surface area contributed by atoms with Crippen LogP contribution in [0.2, 0.25) is 0 Å². The van der Waals surface area contributed by atoms with Crippen molar-refractivity contribution in [1.82, 2.24) is 0 Å². The monoisotopic (exact) mass is 343 g/mol. The molecule has 6 heteroatoms. The summed E-state index contributed by atoms with van der Waals surface area (Å²) in [6, 6.07) is 10.8. The molecule has 0 saturated carbocycles. The van der Waals surface area contributed by atoms with Crippen LogP contribution in [-0.2, 0) is 0 Å². The largest absolute Gasteiger partial charge is 0.493 e. The lowest BCUT2D eigenvalue weighted by molar-refractivity contribution is 0.0960. The van der Waals surface area contributed by atoms with Gasteiger partial charge in [-0.25, -0.2) is 0 Å². The molecule has 0 bridgehead atoms. The summed E-state index contributed by atoms with van der Waals surface area (Å²) < 4.78 is 21.8. The van der Waals surface area contributed by atoms with Crippen molar-refractivity contribution in [3.05, 3.63) is 42.0 Å². The highest BCUT2D eigenvalue weighted by atomic mass is 16.5. The first-order valence-electron chi connectivity index (χ1n) is 7.96. The molecule has 0 fully saturated rings. The second-order valence-electron chi connectivity index (χ2n) is 5.73. The normalized spacial score (nSPS) is 15.8. The Kier molecular flexibility index (Phi) is 4.70. The summed E-state index contributed by atoms with van der Waals surface area (Å²) in [5, 5.41) is 0. The number of benzene rings is 2. The molecule has 2 aromatic rings. The molecule has 0 aromatic heterocycles. The molecule has 0 aliphatic carbocycles. The van der Waals surface area contributed by atoms with Gasteiger partial charge in [-0.2, -0.15) is 0 Å². The Morgan fingerprint density at radius 3 is 2.32 bits per heavy atom. The molecule has 1 amide bonds. The molecule has 0 N–H and O–H groups in total. The van der Waals surface area contributed by atoms with Crippen LogP contribution in [0.25, 0.3) is 0 Å². The highest BCUT2D eigenvalue weighted by molar-refractivity contribution is 6.08. The first-order chi connectivity index (χ1) is 12.1. The van der Waals surface area contributed by atoms with Crippen LogP contribution >= 0.6 is 0 Å². The predicted molar refractivity (Wildman–Crippen MR) is 94.3 cm³/mol. The second kappa shape index (κ2) is 6.93. The van der Waals surface area contributed by atoms with E-state index in [2.05, 4.69) is 0 Å². The Labute approximate surface area is 146 Å². The van der Waals surface area contributed by atoms with Gasteiger partial charge in [-0.05, 0) is 31.2 Å². The van der Waals surface area contributed by atoms with Gasteiger partial charge in [-0.3, -0.25) is 4.79 Å². The Balaban J connectivity index is 2.04. The maximum absolute atomic E-state index is 13.2. The second-order valence-corrected chi connectivity index (χ2v) is 5.73. The van der Waals surface area contributed by atoms with Crippen molar-refractivity contribution in [3.8, 4) is 23.0 Å². The van der Waals surface area contributed by atoms with Crippen molar-refractivity contribution in [2.24, 2.45) is 0 Å². The number of amides is 1. The Morgan fingerprint density at radius 2 is 1.72 bits per heavy atom. The summed E-state index contributed by atoms with van der Waals surface area (Å²) in [7, 11) is 4.58. The zero-order valence-electron chi connectivity index (χ0n) is 14.7. The summed E-state index contributed by atoms with van der Waals surface area (Å²) in [6.07, 6.45) is -0.0964. The van der Waals surface area contributed by atoms with Crippen molar-refractivity contribution in [1.29, 1.82) is 0 Å². The molecular formula is C19H21NO5. The van der Waals surface area contributed by atoms with Gasteiger partial charge < -0.3 is 23.8 Å². The van der Waals surface area contributed by atoms with E-state index >= 15 is 0 Å². The number of carbonyl (C=O) groups is 1. The fourth-order valence-corrected chi connectivity index (χ4v) is 2.94. The molecule has 0 radical (unpaired) electrons. The van der Waals surface area contributed by atoms with Crippen LogP contribution in [0.3, 0.4) is 0 Å². The van der Waals surface area contributed by atoms with E-state index < -0.39 is 0 Å². The average molecular weight is 343 g/mol. The van der Waals surface area contributed by atoms with E-state index in [-0.39, 0.29) is 12.0 Å². The lowest BCUT2D eigenvalue weighted by Crippen LogP contribution is -2.42. The zero-order valence-corrected chi connectivity index (χ0v) is 14.7. The van der Waals surface area contributed by atoms with Gasteiger partial charge in [0.1, 0.15) is 11.9 Å². The van der Waals surface area contributed by atoms with Crippen LogP contribution in [-0.4, -0.2) is 39.9 Å². The quantitative estimate of drug-likeness (QED) is 0.854. The molecule has 1 aliphatic heterocycles. The average Bonchev–Trinajstić information content (AvgIpc) is 2.65. The van der Waals surface area contributed by atoms with Gasteiger partial charge in [0.25, 0.3) is 5.91 Å². The van der Waals surface area contributed by atoms with Crippen molar-refractivity contribution < 1.29 is 23.7 Å². The molecule has 1 aliphatic rings. The van der Waals surface area contributed by atoms with Crippen molar-refractivity contribution >= 4 is 11.6 Å². The fourth-order valence-electron chi connectivity index (χ4n) is 2.94. The van der Waals surface area contributed by atoms with Gasteiger partial charge >= 0.3 is 0 Å². The van der Waals surface area contributed by atoms with E-state index in [9.17, 15) is 4.79 Å². The predicted octanol–water partition coefficient (Wildman–Crippen LogP) is 3.14. The van der Waals surface area contributed by atoms with E-state index in [1.807, 2.05) is 31.2 Å². The number of carbonyl (C=O) groups excluding carboxylic acids is 1. The van der Waals surface area contributed by atoms with Gasteiger partial charge in [0.05, 0.1) is 33.6 Å². The molecule has 0 saturated heterocycles. The third-order valence-electron chi connectivity index (χ3n) is 4.08. The van der Waals surface area contributed by atoms with Crippen molar-refractivity contribution in [2.45, 2.75) is 13.0 Å². The maximum atomic E-state index is 13.2. The van der Waals surface area contributed by atoms with Crippen molar-refractivity contribution in [2.75, 3.05) is 32.8 Å². The van der Waals surface area contributed by atoms with Crippen LogP contribution in [0.1, 0.15) is 17.3 Å². The topological polar surface area (TPSA) is 57.2 Å². The highest BCUT2D eigenvalue weighted by Crippen LogP contribution is 2.40. The van der Waals surface area contributed by atoms with Gasteiger partial charge in [0, 0.05) is 5.56 Å². The van der Waals surface area contributed by atoms with Gasteiger partial charge in [-0.15, -0.1) is 0 Å². The summed E-state index contributed by atoms with van der Waals surface area (Å²) >= 11 is 0. The number of anilines is 1. The minimum absolute atomic E-state index is 0.0964. The number of fused-ring (bicyclic) bond motifs is 1. The SMILES string of the molecule is COc1cc(C(=O)N2C[C@@H](C)Oc3ccccc32)cc(OC)c1OC. The first-order valence-corrected chi connectivity index (χ1v) is 7.96. The van der Waals surface area contributed by atoms with Crippen LogP contribution in [0, 0.1) is 0 Å². The molecular weight excluding hydrogens is 322 g/mol. The maximum Gasteiger partial charge on any atom is 0.258 e. The number of rotatable bonds is 4. The fraction of sp³-hybridized carbons (Fsp3) is 0.316. The van der Waals surface area contributed by atoms with Crippen LogP contribution in [0.15, 0.2) is 36.4 Å². The number of ether oxygens (including phenoxy) is 4. The minimum atomic E-state index is -0.151. The summed E-state index contributed by atoms with van der Waals surface area (Å²) in [4.78, 5) is 14.9. The molecule has 0 spiro atoms. The third-order valence-corrected chi connectivity index (χ3v) is 4.08. The summed E-state index contributed by atoms with van der Waals surface area (Å²) in [5.41, 5.74) is 1.21. The number of hydrogen-bond acceptors (Lipinski definition) is 5. The summed E-state index contributed by atoms with van der Waals surface area (Å²) in [6.45, 7) is 2.40. The Hall–Kier alpha value is -2.89. The van der Waals surface area contributed by atoms with Crippen LogP contribution in [0.5, 0.6) is 23.0 Å². The molecule has 0 unspecified atom stereocenters. The van der Waals surface area contributed by atoms with Gasteiger partial charge in [0.15, 0.2) is 11.5 Å². The van der Waals surface area contributed by atoms with E-state index in [1.54, 1.807) is 17.0 Å². The number of hydrogen-bond donors (Lipinski definition) is 0. The molecule has 2 aromatic carbocycles. The lowest BCUT2D eigenvalue weighted by Gasteiger charge is -2.33. The zero-order chi connectivity index (χ0) is 18.0. The minimum Gasteiger partial charge on any atom is -0.493 e.